The van der Waals surface area contributed by atoms with E-state index in [9.17, 15) is 0 Å². The summed E-state index contributed by atoms with van der Waals surface area (Å²) in [6.45, 7) is 3.34. The quantitative estimate of drug-likeness (QED) is 0.643. The molecule has 1 aromatic carbocycles. The van der Waals surface area contributed by atoms with Crippen LogP contribution in [0.3, 0.4) is 0 Å². The Morgan fingerprint density at radius 2 is 2.30 bits per heavy atom. The lowest BCUT2D eigenvalue weighted by molar-refractivity contribution is 0.415. The summed E-state index contributed by atoms with van der Waals surface area (Å²) >= 11 is 0. The number of anilines is 1. The zero-order chi connectivity index (χ0) is 14.4. The molecule has 0 radical (unpaired) electrons. The molecule has 1 heterocycles. The number of rotatable bonds is 5. The van der Waals surface area contributed by atoms with Crippen LogP contribution in [0.5, 0.6) is 5.75 Å². The molecule has 0 unspecified atom stereocenters. The largest absolute Gasteiger partial charge is 0.497 e. The summed E-state index contributed by atoms with van der Waals surface area (Å²) in [6.07, 6.45) is 1.93. The van der Waals surface area contributed by atoms with Crippen LogP contribution < -0.4 is 15.8 Å². The van der Waals surface area contributed by atoms with Gasteiger partial charge in [-0.3, -0.25) is 4.68 Å². The van der Waals surface area contributed by atoms with E-state index in [0.29, 0.717) is 12.5 Å². The van der Waals surface area contributed by atoms with Gasteiger partial charge >= 0.3 is 0 Å². The molecule has 6 heteroatoms. The van der Waals surface area contributed by atoms with Gasteiger partial charge < -0.3 is 15.8 Å². The summed E-state index contributed by atoms with van der Waals surface area (Å²) in [5, 5.41) is 7.36. The Labute approximate surface area is 118 Å². The van der Waals surface area contributed by atoms with E-state index in [2.05, 4.69) is 15.4 Å². The first kappa shape index (κ1) is 13.9. The third-order valence-electron chi connectivity index (χ3n) is 2.77. The zero-order valence-electron chi connectivity index (χ0n) is 11.7. The maximum atomic E-state index is 5.85. The van der Waals surface area contributed by atoms with Crippen molar-refractivity contribution in [1.29, 1.82) is 0 Å². The Bertz CT molecular complexity index is 591. The van der Waals surface area contributed by atoms with Crippen LogP contribution >= 0.6 is 0 Å². The molecule has 0 bridgehead atoms. The molecule has 1 aromatic heterocycles. The number of hydrogen-bond donors (Lipinski definition) is 2. The lowest BCUT2D eigenvalue weighted by Crippen LogP contribution is -2.22. The van der Waals surface area contributed by atoms with Gasteiger partial charge in [0.1, 0.15) is 5.75 Å². The topological polar surface area (TPSA) is 77.5 Å². The zero-order valence-corrected chi connectivity index (χ0v) is 11.7. The van der Waals surface area contributed by atoms with Gasteiger partial charge in [0.15, 0.2) is 5.96 Å². The van der Waals surface area contributed by atoms with Crippen molar-refractivity contribution in [3.8, 4) is 5.75 Å². The molecule has 2 aromatic rings. The summed E-state index contributed by atoms with van der Waals surface area (Å²) in [4.78, 5) is 4.26. The summed E-state index contributed by atoms with van der Waals surface area (Å²) < 4.78 is 7.01. The van der Waals surface area contributed by atoms with Crippen molar-refractivity contribution in [1.82, 2.24) is 9.78 Å². The lowest BCUT2D eigenvalue weighted by atomic mass is 10.3. The second kappa shape index (κ2) is 6.60. The molecule has 2 rings (SSSR count). The Morgan fingerprint density at radius 3 is 3.00 bits per heavy atom. The normalized spacial score (nSPS) is 11.4. The highest BCUT2D eigenvalue weighted by Gasteiger charge is 1.99. The van der Waals surface area contributed by atoms with Crippen molar-refractivity contribution in [2.75, 3.05) is 12.4 Å². The number of methoxy groups -OCH3 is 1. The van der Waals surface area contributed by atoms with Gasteiger partial charge in [0.05, 0.1) is 19.3 Å². The highest BCUT2D eigenvalue weighted by Crippen LogP contribution is 2.16. The van der Waals surface area contributed by atoms with E-state index in [4.69, 9.17) is 10.5 Å². The average molecular weight is 273 g/mol. The molecule has 0 atom stereocenters. The summed E-state index contributed by atoms with van der Waals surface area (Å²) in [5.41, 5.74) is 7.58. The maximum absolute atomic E-state index is 5.85. The third kappa shape index (κ3) is 3.74. The minimum Gasteiger partial charge on any atom is -0.497 e. The molecule has 6 nitrogen and oxygen atoms in total. The van der Waals surface area contributed by atoms with Crippen molar-refractivity contribution in [3.05, 3.63) is 42.2 Å². The summed E-state index contributed by atoms with van der Waals surface area (Å²) in [5.74, 6) is 1.12. The number of nitrogens with one attached hydrogen (secondary N) is 1. The number of benzene rings is 1. The molecular formula is C14H19N5O. The molecule has 0 spiro atoms. The molecule has 0 saturated carbocycles. The standard InChI is InChI=1S/C14H19N5O/c1-3-19-8-7-12(18-19)10-16-14(15)17-11-5-4-6-13(9-11)20-2/h4-9H,3,10H2,1-2H3,(H3,15,16,17). The first-order valence-electron chi connectivity index (χ1n) is 6.44. The van der Waals surface area contributed by atoms with Crippen molar-refractivity contribution in [2.45, 2.75) is 20.0 Å². The number of nitrogens with two attached hydrogens (primary N) is 1. The molecule has 0 amide bonds. The maximum Gasteiger partial charge on any atom is 0.193 e. The minimum absolute atomic E-state index is 0.351. The molecule has 0 saturated heterocycles. The fourth-order valence-electron chi connectivity index (χ4n) is 1.72. The van der Waals surface area contributed by atoms with Crippen LogP contribution in [0, 0.1) is 0 Å². The molecule has 0 aliphatic heterocycles. The molecule has 0 fully saturated rings. The number of aromatic nitrogens is 2. The van der Waals surface area contributed by atoms with E-state index in [1.54, 1.807) is 7.11 Å². The van der Waals surface area contributed by atoms with Crippen LogP contribution in [0.15, 0.2) is 41.5 Å². The fraction of sp³-hybridized carbons (Fsp3) is 0.286. The first-order valence-corrected chi connectivity index (χ1v) is 6.44. The van der Waals surface area contributed by atoms with Gasteiger partial charge in [-0.2, -0.15) is 5.10 Å². The number of aryl methyl sites for hydroxylation is 1. The molecule has 0 aliphatic carbocycles. The second-order valence-corrected chi connectivity index (χ2v) is 4.22. The van der Waals surface area contributed by atoms with Crippen LogP contribution in [-0.4, -0.2) is 22.8 Å². The Hall–Kier alpha value is -2.50. The van der Waals surface area contributed by atoms with Gasteiger partial charge in [-0.25, -0.2) is 4.99 Å². The average Bonchev–Trinajstić information content (AvgIpc) is 2.93. The van der Waals surface area contributed by atoms with Gasteiger partial charge in [0.2, 0.25) is 0 Å². The van der Waals surface area contributed by atoms with Gasteiger partial charge in [0, 0.05) is 24.5 Å². The fourth-order valence-corrected chi connectivity index (χ4v) is 1.72. The van der Waals surface area contributed by atoms with Crippen LogP contribution in [0.2, 0.25) is 0 Å². The van der Waals surface area contributed by atoms with Gasteiger partial charge in [-0.15, -0.1) is 0 Å². The highest BCUT2D eigenvalue weighted by atomic mass is 16.5. The van der Waals surface area contributed by atoms with E-state index in [-0.39, 0.29) is 0 Å². The number of aliphatic imine (C=N–C) groups is 1. The van der Waals surface area contributed by atoms with E-state index >= 15 is 0 Å². The second-order valence-electron chi connectivity index (χ2n) is 4.22. The predicted molar refractivity (Wildman–Crippen MR) is 79.8 cm³/mol. The van der Waals surface area contributed by atoms with Crippen LogP contribution in [-0.2, 0) is 13.1 Å². The van der Waals surface area contributed by atoms with Gasteiger partial charge in [-0.05, 0) is 25.1 Å². The predicted octanol–water partition coefficient (Wildman–Crippen LogP) is 1.84. The van der Waals surface area contributed by atoms with E-state index in [1.807, 2.05) is 48.1 Å². The third-order valence-corrected chi connectivity index (χ3v) is 2.77. The SMILES string of the molecule is CCn1ccc(CN=C(N)Nc2cccc(OC)c2)n1. The van der Waals surface area contributed by atoms with Crippen molar-refractivity contribution in [3.63, 3.8) is 0 Å². The minimum atomic E-state index is 0.351. The number of nitrogens with zero attached hydrogens (tertiary/aromatic N) is 3. The monoisotopic (exact) mass is 273 g/mol. The van der Waals surface area contributed by atoms with Gasteiger partial charge in [0.25, 0.3) is 0 Å². The molecule has 3 N–H and O–H groups in total. The molecule has 20 heavy (non-hydrogen) atoms. The summed E-state index contributed by atoms with van der Waals surface area (Å²) in [7, 11) is 1.63. The van der Waals surface area contributed by atoms with Crippen LogP contribution in [0.1, 0.15) is 12.6 Å². The van der Waals surface area contributed by atoms with Crippen molar-refractivity contribution in [2.24, 2.45) is 10.7 Å². The van der Waals surface area contributed by atoms with E-state index in [0.717, 1.165) is 23.7 Å². The van der Waals surface area contributed by atoms with Crippen molar-refractivity contribution < 1.29 is 4.74 Å². The lowest BCUT2D eigenvalue weighted by Gasteiger charge is -2.06. The number of hydrogen-bond acceptors (Lipinski definition) is 3. The van der Waals surface area contributed by atoms with E-state index in [1.165, 1.54) is 0 Å². The first-order chi connectivity index (χ1) is 9.71. The van der Waals surface area contributed by atoms with Gasteiger partial charge in [-0.1, -0.05) is 6.07 Å². The smallest absolute Gasteiger partial charge is 0.193 e. The summed E-state index contributed by atoms with van der Waals surface area (Å²) in [6, 6.07) is 9.45. The Kier molecular flexibility index (Phi) is 4.60. The van der Waals surface area contributed by atoms with Crippen LogP contribution in [0.25, 0.3) is 0 Å². The van der Waals surface area contributed by atoms with Crippen LogP contribution in [0.4, 0.5) is 5.69 Å². The molecule has 0 aliphatic rings. The highest BCUT2D eigenvalue weighted by molar-refractivity contribution is 5.92. The number of ether oxygens (including phenoxy) is 1. The van der Waals surface area contributed by atoms with Crippen molar-refractivity contribution >= 4 is 11.6 Å². The van der Waals surface area contributed by atoms with E-state index < -0.39 is 0 Å². The molecule has 106 valence electrons. The molecular weight excluding hydrogens is 254 g/mol. The Morgan fingerprint density at radius 1 is 1.45 bits per heavy atom. The Balaban J connectivity index is 1.96. The number of guanidine groups is 1.